The van der Waals surface area contributed by atoms with Crippen LogP contribution >= 0.6 is 31.9 Å². The third kappa shape index (κ3) is 5.36. The fraction of sp³-hybridized carbons (Fsp3) is 0.136. The van der Waals surface area contributed by atoms with Crippen molar-refractivity contribution in [2.24, 2.45) is 4.99 Å². The Hall–Kier alpha value is -2.72. The highest BCUT2D eigenvalue weighted by atomic mass is 79.9. The van der Waals surface area contributed by atoms with E-state index in [1.54, 1.807) is 18.3 Å². The van der Waals surface area contributed by atoms with Crippen LogP contribution in [0.15, 0.2) is 62.5 Å². The van der Waals surface area contributed by atoms with E-state index in [0.29, 0.717) is 20.6 Å². The minimum atomic E-state index is -4.71. The van der Waals surface area contributed by atoms with Crippen LogP contribution in [-0.2, 0) is 6.18 Å². The maximum atomic E-state index is 12.9. The van der Waals surface area contributed by atoms with Crippen molar-refractivity contribution in [3.05, 3.63) is 89.8 Å². The molecule has 0 saturated carbocycles. The summed E-state index contributed by atoms with van der Waals surface area (Å²) in [7, 11) is 0. The van der Waals surface area contributed by atoms with Gasteiger partial charge in [0.2, 0.25) is 5.75 Å². The van der Waals surface area contributed by atoms with E-state index in [-0.39, 0.29) is 11.5 Å². The van der Waals surface area contributed by atoms with E-state index >= 15 is 0 Å². The highest BCUT2D eigenvalue weighted by molar-refractivity contribution is 9.11. The van der Waals surface area contributed by atoms with E-state index in [2.05, 4.69) is 36.9 Å². The molecular formula is C22H15Br2F3N2O3. The molecule has 0 aliphatic rings. The summed E-state index contributed by atoms with van der Waals surface area (Å²) < 4.78 is 45.2. The summed E-state index contributed by atoms with van der Waals surface area (Å²) in [5, 5.41) is 11.3. The van der Waals surface area contributed by atoms with Crippen LogP contribution in [-0.4, -0.2) is 11.1 Å². The lowest BCUT2D eigenvalue weighted by Crippen LogP contribution is -2.06. The quantitative estimate of drug-likeness (QED) is 0.176. The van der Waals surface area contributed by atoms with Gasteiger partial charge in [0, 0.05) is 12.3 Å². The molecule has 5 nitrogen and oxygen atoms in total. The van der Waals surface area contributed by atoms with Gasteiger partial charge in [0.05, 0.1) is 25.1 Å². The Kier molecular flexibility index (Phi) is 7.04. The fourth-order valence-corrected chi connectivity index (χ4v) is 4.19. The second kappa shape index (κ2) is 9.41. The van der Waals surface area contributed by atoms with Gasteiger partial charge in [-0.05, 0) is 92.7 Å². The van der Waals surface area contributed by atoms with Gasteiger partial charge >= 0.3 is 11.9 Å². The monoisotopic (exact) mass is 570 g/mol. The molecule has 0 unspecified atom stereocenters. The SMILES string of the molecule is Cc1cccc(N=Cc2cc(Br)c(Oc3ccc(C(F)(F)F)cc3[N+](=O)[O-])c(Br)c2)c1C. The Bertz CT molecular complexity index is 1200. The van der Waals surface area contributed by atoms with Crippen molar-refractivity contribution in [1.29, 1.82) is 0 Å². The largest absolute Gasteiger partial charge is 0.448 e. The van der Waals surface area contributed by atoms with Crippen molar-refractivity contribution in [3.8, 4) is 11.5 Å². The molecule has 0 radical (unpaired) electrons. The maximum absolute atomic E-state index is 12.9. The number of nitrogens with zero attached hydrogens (tertiary/aromatic N) is 2. The highest BCUT2D eigenvalue weighted by Crippen LogP contribution is 2.42. The van der Waals surface area contributed by atoms with E-state index in [1.165, 1.54) is 0 Å². The molecule has 3 rings (SSSR count). The number of nitro benzene ring substituents is 1. The Balaban J connectivity index is 1.93. The fourth-order valence-electron chi connectivity index (χ4n) is 2.80. The molecule has 0 atom stereocenters. The predicted molar refractivity (Wildman–Crippen MR) is 123 cm³/mol. The highest BCUT2D eigenvalue weighted by Gasteiger charge is 2.33. The first-order valence-corrected chi connectivity index (χ1v) is 10.7. The summed E-state index contributed by atoms with van der Waals surface area (Å²) >= 11 is 6.70. The summed E-state index contributed by atoms with van der Waals surface area (Å²) in [6.45, 7) is 3.97. The van der Waals surface area contributed by atoms with Crippen LogP contribution < -0.4 is 4.74 Å². The molecule has 0 saturated heterocycles. The Morgan fingerprint density at radius 1 is 1.06 bits per heavy atom. The zero-order valence-corrected chi connectivity index (χ0v) is 19.9. The van der Waals surface area contributed by atoms with E-state index in [4.69, 9.17) is 4.74 Å². The number of hydrogen-bond acceptors (Lipinski definition) is 4. The summed E-state index contributed by atoms with van der Waals surface area (Å²) in [5.41, 5.74) is 1.77. The first-order chi connectivity index (χ1) is 15.0. The molecule has 0 fully saturated rings. The van der Waals surface area contributed by atoms with Gasteiger partial charge in [-0.2, -0.15) is 13.2 Å². The van der Waals surface area contributed by atoms with Crippen molar-refractivity contribution < 1.29 is 22.8 Å². The molecule has 0 aliphatic carbocycles. The lowest BCUT2D eigenvalue weighted by atomic mass is 10.1. The van der Waals surface area contributed by atoms with Crippen LogP contribution in [0.4, 0.5) is 24.5 Å². The van der Waals surface area contributed by atoms with E-state index in [1.807, 2.05) is 32.0 Å². The summed E-state index contributed by atoms with van der Waals surface area (Å²) in [5.74, 6) is -0.141. The van der Waals surface area contributed by atoms with Gasteiger partial charge in [-0.3, -0.25) is 15.1 Å². The zero-order chi connectivity index (χ0) is 23.6. The molecule has 0 aliphatic heterocycles. The molecule has 0 aromatic heterocycles. The molecule has 0 bridgehead atoms. The Morgan fingerprint density at radius 3 is 2.31 bits per heavy atom. The first-order valence-electron chi connectivity index (χ1n) is 9.10. The van der Waals surface area contributed by atoms with Gasteiger partial charge < -0.3 is 4.74 Å². The lowest BCUT2D eigenvalue weighted by Gasteiger charge is -2.13. The maximum Gasteiger partial charge on any atom is 0.416 e. The van der Waals surface area contributed by atoms with E-state index in [9.17, 15) is 23.3 Å². The van der Waals surface area contributed by atoms with Crippen LogP contribution in [0.5, 0.6) is 11.5 Å². The molecule has 3 aromatic rings. The smallest absolute Gasteiger partial charge is 0.416 e. The van der Waals surface area contributed by atoms with Crippen molar-refractivity contribution >= 4 is 49.4 Å². The second-order valence-electron chi connectivity index (χ2n) is 6.83. The third-order valence-electron chi connectivity index (χ3n) is 4.64. The molecule has 10 heteroatoms. The molecule has 3 aromatic carbocycles. The number of hydrogen-bond donors (Lipinski definition) is 0. The number of rotatable bonds is 5. The topological polar surface area (TPSA) is 64.7 Å². The zero-order valence-electron chi connectivity index (χ0n) is 16.7. The van der Waals surface area contributed by atoms with Gasteiger partial charge in [0.25, 0.3) is 0 Å². The number of aryl methyl sites for hydroxylation is 1. The van der Waals surface area contributed by atoms with Crippen LogP contribution in [0.1, 0.15) is 22.3 Å². The summed E-state index contributed by atoms with van der Waals surface area (Å²) in [6.07, 6.45) is -3.05. The normalized spacial score (nSPS) is 11.7. The molecule has 32 heavy (non-hydrogen) atoms. The molecule has 166 valence electrons. The average Bonchev–Trinajstić information content (AvgIpc) is 2.71. The third-order valence-corrected chi connectivity index (χ3v) is 5.82. The second-order valence-corrected chi connectivity index (χ2v) is 8.54. The lowest BCUT2D eigenvalue weighted by molar-refractivity contribution is -0.385. The number of alkyl halides is 3. The molecule has 0 spiro atoms. The van der Waals surface area contributed by atoms with Gasteiger partial charge in [-0.15, -0.1) is 0 Å². The van der Waals surface area contributed by atoms with Crippen molar-refractivity contribution in [1.82, 2.24) is 0 Å². The Morgan fingerprint density at radius 2 is 1.72 bits per heavy atom. The number of aliphatic imine (C=N–C) groups is 1. The molecule has 0 heterocycles. The first kappa shape index (κ1) is 23.9. The van der Waals surface area contributed by atoms with E-state index < -0.39 is 22.4 Å². The van der Waals surface area contributed by atoms with Crippen molar-refractivity contribution in [2.75, 3.05) is 0 Å². The average molecular weight is 572 g/mol. The van der Waals surface area contributed by atoms with Gasteiger partial charge in [0.1, 0.15) is 0 Å². The van der Waals surface area contributed by atoms with Gasteiger partial charge in [0.15, 0.2) is 5.75 Å². The number of ether oxygens (including phenoxy) is 1. The van der Waals surface area contributed by atoms with Crippen molar-refractivity contribution in [2.45, 2.75) is 20.0 Å². The standard InChI is InChI=1S/C22H15Br2F3N2O3/c1-12-4-3-5-18(13(12)2)28-11-14-8-16(23)21(17(24)9-14)32-20-7-6-15(22(25,26)27)10-19(20)29(30)31/h3-11H,1-2H3. The van der Waals surface area contributed by atoms with Gasteiger partial charge in [-0.25, -0.2) is 0 Å². The van der Waals surface area contributed by atoms with Crippen LogP contribution in [0.2, 0.25) is 0 Å². The van der Waals surface area contributed by atoms with Crippen molar-refractivity contribution in [3.63, 3.8) is 0 Å². The number of halogens is 5. The number of benzene rings is 3. The molecular weight excluding hydrogens is 557 g/mol. The van der Waals surface area contributed by atoms with E-state index in [0.717, 1.165) is 28.9 Å². The molecule has 0 amide bonds. The minimum Gasteiger partial charge on any atom is -0.448 e. The Labute approximate surface area is 198 Å². The van der Waals surface area contributed by atoms with Crippen LogP contribution in [0, 0.1) is 24.0 Å². The number of nitro groups is 1. The summed E-state index contributed by atoms with van der Waals surface area (Å²) in [6, 6.07) is 11.3. The van der Waals surface area contributed by atoms with Crippen LogP contribution in [0.3, 0.4) is 0 Å². The van der Waals surface area contributed by atoms with Crippen LogP contribution in [0.25, 0.3) is 0 Å². The minimum absolute atomic E-state index is 0.178. The summed E-state index contributed by atoms with van der Waals surface area (Å²) in [4.78, 5) is 14.9. The predicted octanol–water partition coefficient (Wildman–Crippen LogP) is 8.30. The molecule has 0 N–H and O–H groups in total. The van der Waals surface area contributed by atoms with Gasteiger partial charge in [-0.1, -0.05) is 12.1 Å².